The predicted octanol–water partition coefficient (Wildman–Crippen LogP) is 1.61. The van der Waals surface area contributed by atoms with Crippen LogP contribution in [0.5, 0.6) is 0 Å². The van der Waals surface area contributed by atoms with Gasteiger partial charge >= 0.3 is 0 Å². The minimum absolute atomic E-state index is 0.00228. The number of hydrogen-bond donors (Lipinski definition) is 3. The van der Waals surface area contributed by atoms with E-state index >= 15 is 0 Å². The molecule has 3 rings (SSSR count). The minimum atomic E-state index is -0.554. The van der Waals surface area contributed by atoms with E-state index in [1.54, 1.807) is 0 Å². The van der Waals surface area contributed by atoms with Crippen LogP contribution in [0.1, 0.15) is 32.3 Å². The Morgan fingerprint density at radius 1 is 1.40 bits per heavy atom. The van der Waals surface area contributed by atoms with Gasteiger partial charge in [-0.25, -0.2) is 0 Å². The van der Waals surface area contributed by atoms with Crippen molar-refractivity contribution in [2.75, 3.05) is 17.2 Å². The summed E-state index contributed by atoms with van der Waals surface area (Å²) in [5.41, 5.74) is 1.95. The van der Waals surface area contributed by atoms with Crippen LogP contribution in [0.2, 0.25) is 0 Å². The molecule has 2 heterocycles. The summed E-state index contributed by atoms with van der Waals surface area (Å²) in [5, 5.41) is 8.96. The van der Waals surface area contributed by atoms with Crippen LogP contribution in [-0.2, 0) is 15.0 Å². The Hall–Kier alpha value is -1.88. The van der Waals surface area contributed by atoms with Crippen molar-refractivity contribution in [2.24, 2.45) is 0 Å². The molecule has 3 N–H and O–H groups in total. The van der Waals surface area contributed by atoms with E-state index in [1.165, 1.54) is 0 Å². The molecule has 2 aliphatic rings. The first-order valence-electron chi connectivity index (χ1n) is 6.99. The molecule has 0 bridgehead atoms. The van der Waals surface area contributed by atoms with E-state index in [4.69, 9.17) is 0 Å². The van der Waals surface area contributed by atoms with E-state index in [9.17, 15) is 9.59 Å². The van der Waals surface area contributed by atoms with Crippen LogP contribution in [0.15, 0.2) is 18.2 Å². The molecule has 0 spiro atoms. The van der Waals surface area contributed by atoms with Gasteiger partial charge in [0, 0.05) is 11.4 Å². The fraction of sp³-hybridized carbons (Fsp3) is 0.467. The summed E-state index contributed by atoms with van der Waals surface area (Å²) in [6, 6.07) is 5.46. The van der Waals surface area contributed by atoms with Gasteiger partial charge in [-0.3, -0.25) is 9.59 Å². The average molecular weight is 273 g/mol. The molecule has 1 unspecified atom stereocenters. The second kappa shape index (κ2) is 4.59. The molecule has 1 aromatic carbocycles. The van der Waals surface area contributed by atoms with Crippen molar-refractivity contribution in [1.29, 1.82) is 0 Å². The number of fused-ring (bicyclic) bond motifs is 1. The molecule has 0 radical (unpaired) electrons. The number of amides is 2. The lowest BCUT2D eigenvalue weighted by Gasteiger charge is -2.17. The quantitative estimate of drug-likeness (QED) is 0.766. The van der Waals surface area contributed by atoms with Crippen molar-refractivity contribution >= 4 is 23.2 Å². The molecular weight excluding hydrogens is 254 g/mol. The van der Waals surface area contributed by atoms with Crippen molar-refractivity contribution in [3.63, 3.8) is 0 Å². The van der Waals surface area contributed by atoms with Gasteiger partial charge in [-0.1, -0.05) is 0 Å². The molecule has 20 heavy (non-hydrogen) atoms. The molecule has 1 fully saturated rings. The van der Waals surface area contributed by atoms with Gasteiger partial charge in [-0.15, -0.1) is 0 Å². The van der Waals surface area contributed by atoms with Crippen LogP contribution in [0, 0.1) is 0 Å². The molecule has 1 aromatic rings. The van der Waals surface area contributed by atoms with E-state index in [-0.39, 0.29) is 17.9 Å². The lowest BCUT2D eigenvalue weighted by atomic mass is 9.86. The maximum absolute atomic E-state index is 12.1. The summed E-state index contributed by atoms with van der Waals surface area (Å²) in [6.45, 7) is 4.67. The zero-order valence-corrected chi connectivity index (χ0v) is 11.7. The van der Waals surface area contributed by atoms with Crippen LogP contribution < -0.4 is 16.0 Å². The van der Waals surface area contributed by atoms with Gasteiger partial charge < -0.3 is 16.0 Å². The van der Waals surface area contributed by atoms with Gasteiger partial charge in [-0.2, -0.15) is 0 Å². The van der Waals surface area contributed by atoms with Gasteiger partial charge in [-0.05, 0) is 57.0 Å². The van der Waals surface area contributed by atoms with Crippen LogP contribution in [-0.4, -0.2) is 24.4 Å². The molecule has 1 saturated heterocycles. The van der Waals surface area contributed by atoms with Crippen LogP contribution in [0.25, 0.3) is 0 Å². The minimum Gasteiger partial charge on any atom is -0.325 e. The van der Waals surface area contributed by atoms with Crippen molar-refractivity contribution < 1.29 is 9.59 Å². The number of nitrogens with one attached hydrogen (secondary N) is 3. The first-order chi connectivity index (χ1) is 9.48. The van der Waals surface area contributed by atoms with E-state index in [0.29, 0.717) is 0 Å². The average Bonchev–Trinajstić information content (AvgIpc) is 3.00. The second-order valence-electron chi connectivity index (χ2n) is 5.98. The standard InChI is InChI=1S/C15H19N3O2/c1-15(2)10-8-9(5-6-11(10)18-14(15)20)17-13(19)12-4-3-7-16-12/h5-6,8,12,16H,3-4,7H2,1-2H3,(H,17,19)(H,18,20). The zero-order chi connectivity index (χ0) is 14.3. The smallest absolute Gasteiger partial charge is 0.241 e. The Labute approximate surface area is 118 Å². The first-order valence-corrected chi connectivity index (χ1v) is 6.99. The Bertz CT molecular complexity index is 574. The highest BCUT2D eigenvalue weighted by molar-refractivity contribution is 6.06. The molecule has 0 aromatic heterocycles. The molecule has 0 aliphatic carbocycles. The molecule has 5 heteroatoms. The summed E-state index contributed by atoms with van der Waals surface area (Å²) in [4.78, 5) is 24.0. The lowest BCUT2D eigenvalue weighted by molar-refractivity contribution is -0.119. The Morgan fingerprint density at radius 3 is 2.90 bits per heavy atom. The van der Waals surface area contributed by atoms with Crippen LogP contribution >= 0.6 is 0 Å². The van der Waals surface area contributed by atoms with Crippen LogP contribution in [0.3, 0.4) is 0 Å². The topological polar surface area (TPSA) is 70.2 Å². The molecular formula is C15H19N3O2. The SMILES string of the molecule is CC1(C)C(=O)Nc2ccc(NC(=O)C3CCCN3)cc21. The summed E-state index contributed by atoms with van der Waals surface area (Å²) in [6.07, 6.45) is 1.91. The second-order valence-corrected chi connectivity index (χ2v) is 5.98. The van der Waals surface area contributed by atoms with Gasteiger partial charge in [0.05, 0.1) is 11.5 Å². The molecule has 0 saturated carbocycles. The van der Waals surface area contributed by atoms with E-state index in [2.05, 4.69) is 16.0 Å². The number of anilines is 2. The van der Waals surface area contributed by atoms with Gasteiger partial charge in [0.25, 0.3) is 0 Å². The van der Waals surface area contributed by atoms with Crippen molar-refractivity contribution in [3.8, 4) is 0 Å². The lowest BCUT2D eigenvalue weighted by Crippen LogP contribution is -2.35. The highest BCUT2D eigenvalue weighted by atomic mass is 16.2. The largest absolute Gasteiger partial charge is 0.325 e. The normalized spacial score (nSPS) is 23.3. The van der Waals surface area contributed by atoms with E-state index in [0.717, 1.165) is 36.3 Å². The number of carbonyl (C=O) groups is 2. The van der Waals surface area contributed by atoms with Gasteiger partial charge in [0.15, 0.2) is 0 Å². The third-order valence-corrected chi connectivity index (χ3v) is 4.15. The maximum atomic E-state index is 12.1. The third-order valence-electron chi connectivity index (χ3n) is 4.15. The number of carbonyl (C=O) groups excluding carboxylic acids is 2. The first kappa shape index (κ1) is 13.1. The number of benzene rings is 1. The number of rotatable bonds is 2. The van der Waals surface area contributed by atoms with Crippen molar-refractivity contribution in [2.45, 2.75) is 38.1 Å². The van der Waals surface area contributed by atoms with Crippen molar-refractivity contribution in [1.82, 2.24) is 5.32 Å². The molecule has 5 nitrogen and oxygen atoms in total. The highest BCUT2D eigenvalue weighted by Gasteiger charge is 2.38. The summed E-state index contributed by atoms with van der Waals surface area (Å²) in [7, 11) is 0. The monoisotopic (exact) mass is 273 g/mol. The van der Waals surface area contributed by atoms with Gasteiger partial charge in [0.2, 0.25) is 11.8 Å². The maximum Gasteiger partial charge on any atom is 0.241 e. The number of hydrogen-bond acceptors (Lipinski definition) is 3. The summed E-state index contributed by atoms with van der Waals surface area (Å²) >= 11 is 0. The fourth-order valence-corrected chi connectivity index (χ4v) is 2.79. The summed E-state index contributed by atoms with van der Waals surface area (Å²) in [5.74, 6) is -0.00836. The highest BCUT2D eigenvalue weighted by Crippen LogP contribution is 2.38. The van der Waals surface area contributed by atoms with Gasteiger partial charge in [0.1, 0.15) is 0 Å². The molecule has 2 aliphatic heterocycles. The Kier molecular flexibility index (Phi) is 3.01. The Morgan fingerprint density at radius 2 is 2.20 bits per heavy atom. The molecule has 2 amide bonds. The Balaban J connectivity index is 1.81. The van der Waals surface area contributed by atoms with E-state index < -0.39 is 5.41 Å². The zero-order valence-electron chi connectivity index (χ0n) is 11.7. The fourth-order valence-electron chi connectivity index (χ4n) is 2.79. The summed E-state index contributed by atoms with van der Waals surface area (Å²) < 4.78 is 0. The van der Waals surface area contributed by atoms with E-state index in [1.807, 2.05) is 32.0 Å². The van der Waals surface area contributed by atoms with Crippen molar-refractivity contribution in [3.05, 3.63) is 23.8 Å². The van der Waals surface area contributed by atoms with Crippen LogP contribution in [0.4, 0.5) is 11.4 Å². The molecule has 1 atom stereocenters. The third kappa shape index (κ3) is 2.08. The molecule has 106 valence electrons. The predicted molar refractivity (Wildman–Crippen MR) is 77.8 cm³/mol.